The van der Waals surface area contributed by atoms with Crippen molar-refractivity contribution >= 4 is 23.4 Å². The quantitative estimate of drug-likeness (QED) is 0.749. The molecular weight excluding hydrogens is 371 g/mol. The molecule has 2 rings (SSSR count). The summed E-state index contributed by atoms with van der Waals surface area (Å²) < 4.78 is 18.4. The summed E-state index contributed by atoms with van der Waals surface area (Å²) in [6.45, 7) is 1.73. The summed E-state index contributed by atoms with van der Waals surface area (Å²) in [4.78, 5) is 26.5. The van der Waals surface area contributed by atoms with Crippen molar-refractivity contribution in [1.82, 2.24) is 10.2 Å². The van der Waals surface area contributed by atoms with E-state index < -0.39 is 6.04 Å². The molecule has 0 aliphatic heterocycles. The highest BCUT2D eigenvalue weighted by molar-refractivity contribution is 6.31. The van der Waals surface area contributed by atoms with E-state index in [1.54, 1.807) is 18.2 Å². The molecule has 2 amide bonds. The molecule has 1 atom stereocenters. The predicted octanol–water partition coefficient (Wildman–Crippen LogP) is 3.41. The van der Waals surface area contributed by atoms with Gasteiger partial charge in [0.05, 0.1) is 0 Å². The smallest absolute Gasteiger partial charge is 0.261 e. The number of rotatable bonds is 8. The van der Waals surface area contributed by atoms with E-state index in [0.717, 1.165) is 5.56 Å². The van der Waals surface area contributed by atoms with Gasteiger partial charge in [0.25, 0.3) is 5.91 Å². The van der Waals surface area contributed by atoms with Crippen molar-refractivity contribution in [2.24, 2.45) is 0 Å². The van der Waals surface area contributed by atoms with Gasteiger partial charge in [0.15, 0.2) is 6.61 Å². The minimum Gasteiger partial charge on any atom is -0.484 e. The number of nitrogens with zero attached hydrogens (tertiary/aromatic N) is 1. The molecule has 1 N–H and O–H groups in total. The Labute approximate surface area is 163 Å². The van der Waals surface area contributed by atoms with Gasteiger partial charge in [-0.2, -0.15) is 0 Å². The zero-order chi connectivity index (χ0) is 19.8. The highest BCUT2D eigenvalue weighted by Crippen LogP contribution is 2.20. The van der Waals surface area contributed by atoms with Crippen molar-refractivity contribution in [1.29, 1.82) is 0 Å². The van der Waals surface area contributed by atoms with Crippen LogP contribution in [0.3, 0.4) is 0 Å². The molecule has 0 saturated carbocycles. The van der Waals surface area contributed by atoms with Gasteiger partial charge in [-0.25, -0.2) is 4.39 Å². The molecule has 0 aliphatic carbocycles. The highest BCUT2D eigenvalue weighted by atomic mass is 35.5. The Bertz CT molecular complexity index is 783. The van der Waals surface area contributed by atoms with Crippen LogP contribution in [0.1, 0.15) is 18.9 Å². The van der Waals surface area contributed by atoms with Gasteiger partial charge in [0.1, 0.15) is 17.6 Å². The number of hydrogen-bond donors (Lipinski definition) is 1. The molecule has 0 aromatic heterocycles. The Morgan fingerprint density at radius 2 is 1.85 bits per heavy atom. The Hall–Kier alpha value is -2.60. The van der Waals surface area contributed by atoms with Gasteiger partial charge in [0.2, 0.25) is 5.91 Å². The van der Waals surface area contributed by atoms with Crippen molar-refractivity contribution in [2.45, 2.75) is 25.9 Å². The van der Waals surface area contributed by atoms with Crippen LogP contribution >= 0.6 is 11.6 Å². The molecule has 2 aromatic rings. The van der Waals surface area contributed by atoms with E-state index in [4.69, 9.17) is 16.3 Å². The average Bonchev–Trinajstić information content (AvgIpc) is 2.68. The first-order chi connectivity index (χ1) is 13.0. The molecule has 0 aliphatic rings. The van der Waals surface area contributed by atoms with Crippen LogP contribution in [0.2, 0.25) is 5.02 Å². The van der Waals surface area contributed by atoms with E-state index in [-0.39, 0.29) is 30.8 Å². The third kappa shape index (κ3) is 5.69. The monoisotopic (exact) mass is 392 g/mol. The number of halogens is 2. The van der Waals surface area contributed by atoms with Crippen LogP contribution in [0.25, 0.3) is 0 Å². The SMILES string of the molecule is CCC(C(=O)NC)N(Cc1ccccc1Cl)C(=O)COc1ccc(F)cc1. The van der Waals surface area contributed by atoms with E-state index in [1.807, 2.05) is 13.0 Å². The molecule has 27 heavy (non-hydrogen) atoms. The zero-order valence-corrected chi connectivity index (χ0v) is 16.0. The van der Waals surface area contributed by atoms with E-state index in [1.165, 1.54) is 36.2 Å². The molecule has 0 heterocycles. The van der Waals surface area contributed by atoms with Crippen LogP contribution in [0.15, 0.2) is 48.5 Å². The third-order valence-electron chi connectivity index (χ3n) is 4.11. The number of benzene rings is 2. The Morgan fingerprint density at radius 3 is 2.44 bits per heavy atom. The number of likely N-dealkylation sites (N-methyl/N-ethyl adjacent to an activating group) is 1. The van der Waals surface area contributed by atoms with Crippen LogP contribution in [0.5, 0.6) is 5.75 Å². The molecule has 1 unspecified atom stereocenters. The van der Waals surface area contributed by atoms with Crippen LogP contribution in [-0.4, -0.2) is 36.4 Å². The topological polar surface area (TPSA) is 58.6 Å². The molecule has 144 valence electrons. The lowest BCUT2D eigenvalue weighted by molar-refractivity contribution is -0.142. The Kier molecular flexibility index (Phi) is 7.61. The predicted molar refractivity (Wildman–Crippen MR) is 102 cm³/mol. The second-order valence-electron chi connectivity index (χ2n) is 5.89. The number of carbonyl (C=O) groups is 2. The number of nitrogens with one attached hydrogen (secondary N) is 1. The standard InChI is InChI=1S/C20H22ClFN2O3/c1-3-18(20(26)23-2)24(12-14-6-4-5-7-17(14)21)19(25)13-27-16-10-8-15(22)9-11-16/h4-11,18H,3,12-13H2,1-2H3,(H,23,26). The first-order valence-corrected chi connectivity index (χ1v) is 8.96. The van der Waals surface area contributed by atoms with Crippen molar-refractivity contribution in [3.8, 4) is 5.75 Å². The number of hydrogen-bond acceptors (Lipinski definition) is 3. The number of amides is 2. The normalized spacial score (nSPS) is 11.6. The first kappa shape index (κ1) is 20.7. The maximum Gasteiger partial charge on any atom is 0.261 e. The Morgan fingerprint density at radius 1 is 1.19 bits per heavy atom. The van der Waals surface area contributed by atoms with Gasteiger partial charge in [-0.15, -0.1) is 0 Å². The second-order valence-corrected chi connectivity index (χ2v) is 6.30. The highest BCUT2D eigenvalue weighted by Gasteiger charge is 2.28. The van der Waals surface area contributed by atoms with Gasteiger partial charge >= 0.3 is 0 Å². The number of carbonyl (C=O) groups excluding carboxylic acids is 2. The fourth-order valence-corrected chi connectivity index (χ4v) is 2.85. The molecule has 0 saturated heterocycles. The fraction of sp³-hybridized carbons (Fsp3) is 0.300. The molecule has 2 aromatic carbocycles. The molecule has 0 spiro atoms. The largest absolute Gasteiger partial charge is 0.484 e. The number of ether oxygens (including phenoxy) is 1. The van der Waals surface area contributed by atoms with Gasteiger partial charge in [-0.1, -0.05) is 36.7 Å². The summed E-state index contributed by atoms with van der Waals surface area (Å²) in [6, 6.07) is 11.9. The van der Waals surface area contributed by atoms with Gasteiger partial charge in [-0.05, 0) is 42.3 Å². The molecule has 0 radical (unpaired) electrons. The molecular formula is C20H22ClFN2O3. The van der Waals surface area contributed by atoms with Gasteiger partial charge in [0, 0.05) is 18.6 Å². The summed E-state index contributed by atoms with van der Waals surface area (Å²) in [5.41, 5.74) is 0.733. The maximum atomic E-state index is 13.0. The lowest BCUT2D eigenvalue weighted by atomic mass is 10.1. The van der Waals surface area contributed by atoms with E-state index in [9.17, 15) is 14.0 Å². The van der Waals surface area contributed by atoms with Crippen molar-refractivity contribution in [2.75, 3.05) is 13.7 Å². The summed E-state index contributed by atoms with van der Waals surface area (Å²) >= 11 is 6.22. The molecule has 0 bridgehead atoms. The summed E-state index contributed by atoms with van der Waals surface area (Å²) in [7, 11) is 1.53. The van der Waals surface area contributed by atoms with E-state index in [0.29, 0.717) is 17.2 Å². The lowest BCUT2D eigenvalue weighted by Crippen LogP contribution is -2.49. The maximum absolute atomic E-state index is 13.0. The minimum atomic E-state index is -0.657. The second kappa shape index (κ2) is 9.92. The Balaban J connectivity index is 2.19. The fourth-order valence-electron chi connectivity index (χ4n) is 2.66. The van der Waals surface area contributed by atoms with Crippen LogP contribution in [0, 0.1) is 5.82 Å². The summed E-state index contributed by atoms with van der Waals surface area (Å²) in [5, 5.41) is 3.10. The van der Waals surface area contributed by atoms with Crippen molar-refractivity contribution < 1.29 is 18.7 Å². The summed E-state index contributed by atoms with van der Waals surface area (Å²) in [6.07, 6.45) is 0.437. The van der Waals surface area contributed by atoms with Gasteiger partial charge in [-0.3, -0.25) is 9.59 Å². The zero-order valence-electron chi connectivity index (χ0n) is 15.2. The average molecular weight is 393 g/mol. The van der Waals surface area contributed by atoms with Crippen molar-refractivity contribution in [3.05, 3.63) is 64.9 Å². The summed E-state index contributed by atoms with van der Waals surface area (Å²) in [5.74, 6) is -0.649. The van der Waals surface area contributed by atoms with E-state index >= 15 is 0 Å². The molecule has 5 nitrogen and oxygen atoms in total. The van der Waals surface area contributed by atoms with Crippen LogP contribution < -0.4 is 10.1 Å². The van der Waals surface area contributed by atoms with Crippen LogP contribution in [0.4, 0.5) is 4.39 Å². The van der Waals surface area contributed by atoms with Crippen molar-refractivity contribution in [3.63, 3.8) is 0 Å². The molecule has 0 fully saturated rings. The first-order valence-electron chi connectivity index (χ1n) is 8.59. The minimum absolute atomic E-state index is 0.178. The van der Waals surface area contributed by atoms with Gasteiger partial charge < -0.3 is 15.0 Å². The molecule has 7 heteroatoms. The van der Waals surface area contributed by atoms with E-state index in [2.05, 4.69) is 5.32 Å². The third-order valence-corrected chi connectivity index (χ3v) is 4.48. The lowest BCUT2D eigenvalue weighted by Gasteiger charge is -2.30. The van der Waals surface area contributed by atoms with Crippen LogP contribution in [-0.2, 0) is 16.1 Å².